The van der Waals surface area contributed by atoms with E-state index in [1.807, 2.05) is 11.8 Å². The molecule has 0 aromatic rings. The standard InChI is InChI=1S/C10H17IN2S/c11-13-7-5-12(6-8-13)4-3-10-2-1-9-14-10/h1,9-10H,2-8H2. The molecule has 1 saturated heterocycles. The van der Waals surface area contributed by atoms with Crippen molar-refractivity contribution in [2.45, 2.75) is 18.1 Å². The van der Waals surface area contributed by atoms with Crippen LogP contribution in [-0.4, -0.2) is 46.0 Å². The summed E-state index contributed by atoms with van der Waals surface area (Å²) in [4.78, 5) is 2.61. The Kier molecular flexibility index (Phi) is 4.59. The summed E-state index contributed by atoms with van der Waals surface area (Å²) in [6.07, 6.45) is 4.95. The summed E-state index contributed by atoms with van der Waals surface area (Å²) in [5, 5.41) is 3.13. The predicted molar refractivity (Wildman–Crippen MR) is 71.8 cm³/mol. The number of halogens is 1. The van der Waals surface area contributed by atoms with Crippen molar-refractivity contribution in [1.82, 2.24) is 8.01 Å². The maximum Gasteiger partial charge on any atom is 0.0209 e. The molecule has 0 N–H and O–H groups in total. The number of thioether (sulfide) groups is 1. The molecule has 1 atom stereocenters. The van der Waals surface area contributed by atoms with Crippen LogP contribution in [0.25, 0.3) is 0 Å². The number of hydrogen-bond donors (Lipinski definition) is 0. The van der Waals surface area contributed by atoms with Gasteiger partial charge in [0.25, 0.3) is 0 Å². The molecule has 2 nitrogen and oxygen atoms in total. The van der Waals surface area contributed by atoms with Crippen LogP contribution in [0.5, 0.6) is 0 Å². The van der Waals surface area contributed by atoms with Crippen LogP contribution in [0.1, 0.15) is 12.8 Å². The normalized spacial score (nSPS) is 29.9. The van der Waals surface area contributed by atoms with Gasteiger partial charge in [0.15, 0.2) is 0 Å². The highest BCUT2D eigenvalue weighted by Gasteiger charge is 2.17. The molecule has 0 saturated carbocycles. The molecule has 80 valence electrons. The van der Waals surface area contributed by atoms with Gasteiger partial charge in [0.1, 0.15) is 0 Å². The lowest BCUT2D eigenvalue weighted by Crippen LogP contribution is -2.42. The number of nitrogens with zero attached hydrogens (tertiary/aromatic N) is 2. The summed E-state index contributed by atoms with van der Waals surface area (Å²) in [6, 6.07) is 0. The van der Waals surface area contributed by atoms with Gasteiger partial charge in [-0.2, -0.15) is 0 Å². The van der Waals surface area contributed by atoms with Crippen molar-refractivity contribution in [3.8, 4) is 0 Å². The van der Waals surface area contributed by atoms with Crippen LogP contribution >= 0.6 is 34.6 Å². The van der Waals surface area contributed by atoms with Gasteiger partial charge >= 0.3 is 0 Å². The second kappa shape index (κ2) is 5.72. The molecule has 1 unspecified atom stereocenters. The van der Waals surface area contributed by atoms with E-state index >= 15 is 0 Å². The Balaban J connectivity index is 1.61. The first kappa shape index (κ1) is 11.2. The summed E-state index contributed by atoms with van der Waals surface area (Å²) >= 11 is 4.44. The van der Waals surface area contributed by atoms with Crippen LogP contribution in [0.2, 0.25) is 0 Å². The van der Waals surface area contributed by atoms with Crippen LogP contribution in [-0.2, 0) is 0 Å². The fourth-order valence-electron chi connectivity index (χ4n) is 1.89. The van der Waals surface area contributed by atoms with Crippen LogP contribution in [0.4, 0.5) is 0 Å². The molecule has 0 amide bonds. The molecule has 0 aromatic heterocycles. The zero-order valence-electron chi connectivity index (χ0n) is 8.36. The Morgan fingerprint density at radius 2 is 2.07 bits per heavy atom. The molecule has 0 radical (unpaired) electrons. The van der Waals surface area contributed by atoms with Crippen molar-refractivity contribution in [2.75, 3.05) is 32.7 Å². The number of hydrogen-bond acceptors (Lipinski definition) is 3. The van der Waals surface area contributed by atoms with E-state index in [4.69, 9.17) is 0 Å². The Morgan fingerprint density at radius 1 is 1.29 bits per heavy atom. The van der Waals surface area contributed by atoms with Crippen LogP contribution in [0, 0.1) is 0 Å². The van der Waals surface area contributed by atoms with Crippen molar-refractivity contribution < 1.29 is 0 Å². The van der Waals surface area contributed by atoms with Gasteiger partial charge in [0.05, 0.1) is 0 Å². The number of rotatable bonds is 3. The van der Waals surface area contributed by atoms with E-state index in [0.717, 1.165) is 5.25 Å². The van der Waals surface area contributed by atoms with Gasteiger partial charge in [-0.25, -0.2) is 3.11 Å². The first-order valence-corrected chi connectivity index (χ1v) is 7.19. The topological polar surface area (TPSA) is 6.48 Å². The summed E-state index contributed by atoms with van der Waals surface area (Å²) < 4.78 is 2.39. The van der Waals surface area contributed by atoms with Gasteiger partial charge in [0.2, 0.25) is 0 Å². The number of allylic oxidation sites excluding steroid dienone is 1. The van der Waals surface area contributed by atoms with Crippen molar-refractivity contribution in [1.29, 1.82) is 0 Å². The molecule has 0 bridgehead atoms. The molecule has 14 heavy (non-hydrogen) atoms. The van der Waals surface area contributed by atoms with Crippen LogP contribution in [0.3, 0.4) is 0 Å². The van der Waals surface area contributed by atoms with Crippen molar-refractivity contribution in [3.63, 3.8) is 0 Å². The quantitative estimate of drug-likeness (QED) is 0.581. The third-order valence-electron chi connectivity index (χ3n) is 2.85. The van der Waals surface area contributed by atoms with Gasteiger partial charge in [-0.1, -0.05) is 6.08 Å². The van der Waals surface area contributed by atoms with E-state index < -0.39 is 0 Å². The SMILES string of the molecule is IN1CCN(CCC2CC=CS2)CC1. The molecule has 4 heteroatoms. The predicted octanol–water partition coefficient (Wildman–Crippen LogP) is 2.36. The molecule has 2 aliphatic rings. The highest BCUT2D eigenvalue weighted by atomic mass is 127. The largest absolute Gasteiger partial charge is 0.301 e. The first-order chi connectivity index (χ1) is 6.84. The Morgan fingerprint density at radius 3 is 2.71 bits per heavy atom. The van der Waals surface area contributed by atoms with Crippen LogP contribution in [0.15, 0.2) is 11.5 Å². The minimum absolute atomic E-state index is 0.868. The van der Waals surface area contributed by atoms with E-state index in [9.17, 15) is 0 Å². The fraction of sp³-hybridized carbons (Fsp3) is 0.800. The fourth-order valence-corrected chi connectivity index (χ4v) is 3.23. The van der Waals surface area contributed by atoms with Crippen molar-refractivity contribution in [3.05, 3.63) is 11.5 Å². The van der Waals surface area contributed by atoms with E-state index in [0.29, 0.717) is 0 Å². The lowest BCUT2D eigenvalue weighted by molar-refractivity contribution is 0.203. The van der Waals surface area contributed by atoms with Gasteiger partial charge in [-0.05, 0) is 24.8 Å². The van der Waals surface area contributed by atoms with E-state index in [-0.39, 0.29) is 0 Å². The molecule has 1 fully saturated rings. The summed E-state index contributed by atoms with van der Waals surface area (Å²) in [5.41, 5.74) is 0. The minimum atomic E-state index is 0.868. The molecule has 2 heterocycles. The monoisotopic (exact) mass is 324 g/mol. The second-order valence-electron chi connectivity index (χ2n) is 3.91. The Hall–Kier alpha value is 0.740. The van der Waals surface area contributed by atoms with Crippen LogP contribution < -0.4 is 0 Å². The average molecular weight is 324 g/mol. The molecule has 2 rings (SSSR count). The third kappa shape index (κ3) is 3.40. The van der Waals surface area contributed by atoms with Gasteiger partial charge in [0, 0.05) is 54.3 Å². The molecular formula is C10H17IN2S. The van der Waals surface area contributed by atoms with E-state index in [1.165, 1.54) is 45.6 Å². The summed E-state index contributed by atoms with van der Waals surface area (Å²) in [5.74, 6) is 0. The molecule has 0 spiro atoms. The van der Waals surface area contributed by atoms with Crippen molar-refractivity contribution >= 4 is 34.6 Å². The Bertz CT molecular complexity index is 194. The lowest BCUT2D eigenvalue weighted by atomic mass is 10.2. The maximum atomic E-state index is 2.61. The zero-order chi connectivity index (χ0) is 9.80. The second-order valence-corrected chi connectivity index (χ2v) is 6.48. The maximum absolute atomic E-state index is 2.61. The Labute approximate surface area is 105 Å². The molecule has 2 aliphatic heterocycles. The summed E-state index contributed by atoms with van der Waals surface area (Å²) in [6.45, 7) is 6.28. The minimum Gasteiger partial charge on any atom is -0.301 e. The first-order valence-electron chi connectivity index (χ1n) is 5.28. The smallest absolute Gasteiger partial charge is 0.0209 e. The zero-order valence-corrected chi connectivity index (χ0v) is 11.3. The number of piperazine rings is 1. The highest BCUT2D eigenvalue weighted by molar-refractivity contribution is 14.1. The van der Waals surface area contributed by atoms with E-state index in [2.05, 4.69) is 42.4 Å². The van der Waals surface area contributed by atoms with Crippen molar-refractivity contribution in [2.24, 2.45) is 0 Å². The van der Waals surface area contributed by atoms with Gasteiger partial charge in [-0.3, -0.25) is 0 Å². The summed E-state index contributed by atoms with van der Waals surface area (Å²) in [7, 11) is 0. The van der Waals surface area contributed by atoms with Gasteiger partial charge in [-0.15, -0.1) is 11.8 Å². The highest BCUT2D eigenvalue weighted by Crippen LogP contribution is 2.26. The molecular weight excluding hydrogens is 307 g/mol. The average Bonchev–Trinajstić information content (AvgIpc) is 2.70. The molecule has 0 aromatic carbocycles. The van der Waals surface area contributed by atoms with E-state index in [1.54, 1.807) is 0 Å². The lowest BCUT2D eigenvalue weighted by Gasteiger charge is -2.31. The third-order valence-corrected chi connectivity index (χ3v) is 4.98. The van der Waals surface area contributed by atoms with Gasteiger partial charge < -0.3 is 4.90 Å². The molecule has 0 aliphatic carbocycles.